The summed E-state index contributed by atoms with van der Waals surface area (Å²) in [4.78, 5) is 10.9. The molecule has 0 aliphatic carbocycles. The third-order valence-corrected chi connectivity index (χ3v) is 3.75. The Balaban J connectivity index is 2.10. The Kier molecular flexibility index (Phi) is 4.19. The number of nitrogens with zero attached hydrogens (tertiary/aromatic N) is 2. The number of nitro benzene ring substituents is 1. The van der Waals surface area contributed by atoms with E-state index >= 15 is 0 Å². The smallest absolute Gasteiger partial charge is 0.289 e. The third-order valence-electron chi connectivity index (χ3n) is 3.75. The van der Waals surface area contributed by atoms with E-state index in [4.69, 9.17) is 26.8 Å². The molecule has 0 saturated carbocycles. The average molecular weight is 350 g/mol. The highest BCUT2D eigenvalue weighted by Crippen LogP contribution is 2.34. The molecule has 0 spiro atoms. The number of nitrogens with two attached hydrogens (primary N) is 2. The van der Waals surface area contributed by atoms with Gasteiger partial charge in [0.2, 0.25) is 0 Å². The molecule has 9 heteroatoms. The van der Waals surface area contributed by atoms with Gasteiger partial charge in [0.1, 0.15) is 17.4 Å². The molecule has 0 bridgehead atoms. The predicted octanol–water partition coefficient (Wildman–Crippen LogP) is 2.48. The summed E-state index contributed by atoms with van der Waals surface area (Å²) in [5.41, 5.74) is 12.2. The summed E-state index contributed by atoms with van der Waals surface area (Å²) < 4.78 is 5.31. The van der Waals surface area contributed by atoms with Crippen molar-refractivity contribution >= 4 is 17.4 Å². The third kappa shape index (κ3) is 3.00. The quantitative estimate of drug-likeness (QED) is 0.238. The van der Waals surface area contributed by atoms with E-state index < -0.39 is 10.8 Å². The van der Waals surface area contributed by atoms with Crippen molar-refractivity contribution in [3.8, 4) is 22.6 Å². The first-order chi connectivity index (χ1) is 12.4. The van der Waals surface area contributed by atoms with Crippen LogP contribution in [0.5, 0.6) is 0 Å². The number of hydrogen-bond donors (Lipinski definition) is 4. The van der Waals surface area contributed by atoms with Crippen LogP contribution < -0.4 is 11.5 Å². The monoisotopic (exact) mass is 350 g/mol. The van der Waals surface area contributed by atoms with Gasteiger partial charge in [-0.15, -0.1) is 0 Å². The van der Waals surface area contributed by atoms with Crippen LogP contribution >= 0.6 is 0 Å². The molecule has 1 heterocycles. The van der Waals surface area contributed by atoms with Gasteiger partial charge < -0.3 is 16.0 Å². The maximum Gasteiger partial charge on any atom is 0.289 e. The second-order valence-corrected chi connectivity index (χ2v) is 5.44. The van der Waals surface area contributed by atoms with E-state index in [0.29, 0.717) is 16.9 Å². The maximum absolute atomic E-state index is 11.5. The largest absolute Gasteiger partial charge is 0.384 e. The van der Waals surface area contributed by atoms with Crippen LogP contribution in [0.15, 0.2) is 53.1 Å². The minimum Gasteiger partial charge on any atom is -0.384 e. The van der Waals surface area contributed by atoms with E-state index in [1.807, 2.05) is 0 Å². The number of hydrogen-bond acceptors (Lipinski definition) is 6. The van der Waals surface area contributed by atoms with Crippen molar-refractivity contribution in [2.45, 2.75) is 0 Å². The molecular formula is C17H14N6O3. The van der Waals surface area contributed by atoms with Crippen LogP contribution in [0.2, 0.25) is 0 Å². The van der Waals surface area contributed by atoms with E-state index in [0.717, 1.165) is 0 Å². The van der Waals surface area contributed by atoms with E-state index in [-0.39, 0.29) is 28.3 Å². The highest BCUT2D eigenvalue weighted by atomic mass is 16.6. The SMILES string of the molecule is N=C(N)c1cccc(-c2cc(-c3cccc(C(=N)N)c3[N+](=O)[O-])no2)c1. The lowest BCUT2D eigenvalue weighted by molar-refractivity contribution is -0.384. The molecule has 0 atom stereocenters. The lowest BCUT2D eigenvalue weighted by Gasteiger charge is -2.04. The van der Waals surface area contributed by atoms with E-state index in [2.05, 4.69) is 5.16 Å². The number of amidine groups is 2. The summed E-state index contributed by atoms with van der Waals surface area (Å²) in [5, 5.41) is 30.4. The van der Waals surface area contributed by atoms with Crippen molar-refractivity contribution in [2.24, 2.45) is 11.5 Å². The van der Waals surface area contributed by atoms with Gasteiger partial charge in [-0.3, -0.25) is 20.9 Å². The molecule has 130 valence electrons. The summed E-state index contributed by atoms with van der Waals surface area (Å²) in [7, 11) is 0. The molecule has 3 rings (SSSR count). The molecule has 6 N–H and O–H groups in total. The second-order valence-electron chi connectivity index (χ2n) is 5.44. The van der Waals surface area contributed by atoms with E-state index in [9.17, 15) is 10.1 Å². The second kappa shape index (κ2) is 6.48. The van der Waals surface area contributed by atoms with Crippen LogP contribution in [0.1, 0.15) is 11.1 Å². The first-order valence-electron chi connectivity index (χ1n) is 7.42. The molecule has 0 amide bonds. The van der Waals surface area contributed by atoms with Gasteiger partial charge in [0, 0.05) is 17.2 Å². The zero-order chi connectivity index (χ0) is 18.8. The highest BCUT2D eigenvalue weighted by Gasteiger charge is 2.24. The lowest BCUT2D eigenvalue weighted by Crippen LogP contribution is -2.14. The maximum atomic E-state index is 11.5. The van der Waals surface area contributed by atoms with Gasteiger partial charge in [-0.05, 0) is 18.2 Å². The van der Waals surface area contributed by atoms with E-state index in [1.165, 1.54) is 12.1 Å². The van der Waals surface area contributed by atoms with Gasteiger partial charge in [0.25, 0.3) is 5.69 Å². The fourth-order valence-electron chi connectivity index (χ4n) is 2.54. The van der Waals surface area contributed by atoms with Crippen LogP contribution in [-0.4, -0.2) is 21.8 Å². The Morgan fingerprint density at radius 2 is 1.81 bits per heavy atom. The lowest BCUT2D eigenvalue weighted by atomic mass is 10.0. The highest BCUT2D eigenvalue weighted by molar-refractivity contribution is 6.01. The van der Waals surface area contributed by atoms with Crippen molar-refractivity contribution in [1.29, 1.82) is 10.8 Å². The van der Waals surface area contributed by atoms with Crippen molar-refractivity contribution in [1.82, 2.24) is 5.16 Å². The number of aromatic nitrogens is 1. The normalized spacial score (nSPS) is 10.5. The first kappa shape index (κ1) is 16.8. The fraction of sp³-hybridized carbons (Fsp3) is 0. The molecule has 9 nitrogen and oxygen atoms in total. The zero-order valence-electron chi connectivity index (χ0n) is 13.4. The molecule has 3 aromatic rings. The van der Waals surface area contributed by atoms with E-state index in [1.54, 1.807) is 36.4 Å². The average Bonchev–Trinajstić information content (AvgIpc) is 3.11. The summed E-state index contributed by atoms with van der Waals surface area (Å²) >= 11 is 0. The minimum atomic E-state index is -0.600. The Hall–Kier alpha value is -4.01. The van der Waals surface area contributed by atoms with Crippen molar-refractivity contribution < 1.29 is 9.45 Å². The van der Waals surface area contributed by atoms with Crippen LogP contribution in [-0.2, 0) is 0 Å². The summed E-state index contributed by atoms with van der Waals surface area (Å²) in [6.07, 6.45) is 0. The molecule has 0 radical (unpaired) electrons. The molecule has 0 aliphatic rings. The fourth-order valence-corrected chi connectivity index (χ4v) is 2.54. The Morgan fingerprint density at radius 1 is 1.08 bits per heavy atom. The van der Waals surface area contributed by atoms with Crippen molar-refractivity contribution in [3.63, 3.8) is 0 Å². The summed E-state index contributed by atoms with van der Waals surface area (Å²) in [5.74, 6) is -0.126. The standard InChI is InChI=1S/C17H14N6O3/c18-16(19)10-4-1-3-9(7-10)14-8-13(22-26-14)11-5-2-6-12(17(20)21)15(11)23(24)25/h1-8H,(H3,18,19)(H3,20,21). The number of benzene rings is 2. The number of nitrogens with one attached hydrogen (secondary N) is 2. The Bertz CT molecular complexity index is 1040. The molecule has 2 aromatic carbocycles. The van der Waals surface area contributed by atoms with Gasteiger partial charge in [-0.1, -0.05) is 29.4 Å². The number of nitrogen functional groups attached to an aromatic ring is 2. The number of rotatable bonds is 5. The van der Waals surface area contributed by atoms with Gasteiger partial charge in [-0.2, -0.15) is 0 Å². The molecule has 1 aromatic heterocycles. The predicted molar refractivity (Wildman–Crippen MR) is 96.1 cm³/mol. The van der Waals surface area contributed by atoms with Crippen molar-refractivity contribution in [2.75, 3.05) is 0 Å². The van der Waals surface area contributed by atoms with Crippen LogP contribution in [0.4, 0.5) is 5.69 Å². The van der Waals surface area contributed by atoms with Gasteiger partial charge in [-0.25, -0.2) is 0 Å². The molecule has 0 saturated heterocycles. The van der Waals surface area contributed by atoms with Crippen LogP contribution in [0.3, 0.4) is 0 Å². The number of nitro groups is 1. The van der Waals surface area contributed by atoms with Gasteiger partial charge in [0.05, 0.1) is 16.1 Å². The van der Waals surface area contributed by atoms with Gasteiger partial charge >= 0.3 is 0 Å². The Morgan fingerprint density at radius 3 is 2.46 bits per heavy atom. The molecule has 0 fully saturated rings. The molecule has 0 unspecified atom stereocenters. The topological polar surface area (TPSA) is 169 Å². The first-order valence-corrected chi connectivity index (χ1v) is 7.42. The zero-order valence-corrected chi connectivity index (χ0v) is 13.4. The summed E-state index contributed by atoms with van der Waals surface area (Å²) in [6.45, 7) is 0. The Labute approximate surface area is 147 Å². The molecule has 0 aliphatic heterocycles. The van der Waals surface area contributed by atoms with Crippen molar-refractivity contribution in [3.05, 3.63) is 69.8 Å². The molecular weight excluding hydrogens is 336 g/mol. The van der Waals surface area contributed by atoms with Gasteiger partial charge in [0.15, 0.2) is 5.76 Å². The summed E-state index contributed by atoms with van der Waals surface area (Å²) in [6, 6.07) is 12.8. The minimum absolute atomic E-state index is 0.00984. The van der Waals surface area contributed by atoms with Crippen LogP contribution in [0, 0.1) is 20.9 Å². The molecule has 26 heavy (non-hydrogen) atoms. The van der Waals surface area contributed by atoms with Crippen LogP contribution in [0.25, 0.3) is 22.6 Å². The number of para-hydroxylation sites is 1.